The Labute approximate surface area is 149 Å². The van der Waals surface area contributed by atoms with E-state index in [-0.39, 0.29) is 11.2 Å². The molecule has 1 aliphatic carbocycles. The molecule has 114 valence electrons. The van der Waals surface area contributed by atoms with E-state index in [4.69, 9.17) is 0 Å². The van der Waals surface area contributed by atoms with Crippen molar-refractivity contribution in [3.63, 3.8) is 0 Å². The third kappa shape index (κ3) is 2.23. The third-order valence-corrected chi connectivity index (χ3v) is 5.41. The fraction of sp³-hybridized carbons (Fsp3) is 0.143. The lowest BCUT2D eigenvalue weighted by Crippen LogP contribution is -2.15. The number of benzene rings is 3. The molecule has 1 aliphatic rings. The molecule has 23 heavy (non-hydrogen) atoms. The SMILES string of the molecule is CC1(C)c2cc(F)ccc2-c2c(-c3ccccc3)cc(I)cc21. The molecule has 0 bridgehead atoms. The first-order valence-corrected chi connectivity index (χ1v) is 8.76. The predicted molar refractivity (Wildman–Crippen MR) is 102 cm³/mol. The van der Waals surface area contributed by atoms with E-state index >= 15 is 0 Å². The molecule has 0 saturated carbocycles. The minimum Gasteiger partial charge on any atom is -0.207 e. The maximum atomic E-state index is 13.8. The van der Waals surface area contributed by atoms with Gasteiger partial charge in [-0.05, 0) is 80.2 Å². The van der Waals surface area contributed by atoms with Crippen LogP contribution in [0.15, 0.2) is 60.7 Å². The fourth-order valence-electron chi connectivity index (χ4n) is 3.63. The second kappa shape index (κ2) is 5.17. The molecule has 0 saturated heterocycles. The molecular formula is C21H16FI. The Balaban J connectivity index is 2.10. The second-order valence-corrected chi connectivity index (χ2v) is 7.80. The fourth-order valence-corrected chi connectivity index (χ4v) is 4.25. The van der Waals surface area contributed by atoms with Crippen molar-refractivity contribution in [2.75, 3.05) is 0 Å². The smallest absolute Gasteiger partial charge is 0.123 e. The molecule has 0 radical (unpaired) electrons. The molecule has 0 atom stereocenters. The molecule has 0 amide bonds. The summed E-state index contributed by atoms with van der Waals surface area (Å²) in [5.41, 5.74) is 7.01. The van der Waals surface area contributed by atoms with Crippen molar-refractivity contribution in [3.8, 4) is 22.3 Å². The average molecular weight is 414 g/mol. The van der Waals surface area contributed by atoms with E-state index in [1.807, 2.05) is 12.1 Å². The highest BCUT2D eigenvalue weighted by Gasteiger charge is 2.37. The minimum absolute atomic E-state index is 0.166. The zero-order valence-electron chi connectivity index (χ0n) is 13.0. The normalized spacial score (nSPS) is 14.4. The van der Waals surface area contributed by atoms with Crippen molar-refractivity contribution >= 4 is 22.6 Å². The predicted octanol–water partition coefficient (Wildman–Crippen LogP) is 6.40. The number of hydrogen-bond acceptors (Lipinski definition) is 0. The summed E-state index contributed by atoms with van der Waals surface area (Å²) in [4.78, 5) is 0. The lowest BCUT2D eigenvalue weighted by Gasteiger charge is -2.22. The van der Waals surface area contributed by atoms with Crippen LogP contribution in [0.4, 0.5) is 4.39 Å². The van der Waals surface area contributed by atoms with Crippen LogP contribution in [0.3, 0.4) is 0 Å². The van der Waals surface area contributed by atoms with Crippen molar-refractivity contribution in [2.45, 2.75) is 19.3 Å². The molecule has 0 fully saturated rings. The van der Waals surface area contributed by atoms with Crippen molar-refractivity contribution in [2.24, 2.45) is 0 Å². The van der Waals surface area contributed by atoms with Crippen LogP contribution in [0.2, 0.25) is 0 Å². The highest BCUT2D eigenvalue weighted by molar-refractivity contribution is 14.1. The van der Waals surface area contributed by atoms with Crippen molar-refractivity contribution in [1.29, 1.82) is 0 Å². The third-order valence-electron chi connectivity index (χ3n) is 4.79. The van der Waals surface area contributed by atoms with Crippen LogP contribution in [0.5, 0.6) is 0 Å². The highest BCUT2D eigenvalue weighted by Crippen LogP contribution is 2.52. The van der Waals surface area contributed by atoms with E-state index in [1.165, 1.54) is 25.8 Å². The van der Waals surface area contributed by atoms with Crippen LogP contribution < -0.4 is 0 Å². The van der Waals surface area contributed by atoms with Gasteiger partial charge in [-0.2, -0.15) is 0 Å². The van der Waals surface area contributed by atoms with Gasteiger partial charge in [0.05, 0.1) is 0 Å². The molecule has 0 spiro atoms. The van der Waals surface area contributed by atoms with Gasteiger partial charge in [-0.25, -0.2) is 4.39 Å². The Morgan fingerprint density at radius 1 is 0.826 bits per heavy atom. The van der Waals surface area contributed by atoms with Gasteiger partial charge in [0.15, 0.2) is 0 Å². The van der Waals surface area contributed by atoms with Crippen molar-refractivity contribution in [1.82, 2.24) is 0 Å². The first-order valence-electron chi connectivity index (χ1n) is 7.68. The van der Waals surface area contributed by atoms with E-state index in [0.29, 0.717) is 0 Å². The monoisotopic (exact) mass is 414 g/mol. The Hall–Kier alpha value is -1.68. The Bertz CT molecular complexity index is 911. The number of fused-ring (bicyclic) bond motifs is 3. The highest BCUT2D eigenvalue weighted by atomic mass is 127. The Morgan fingerprint density at radius 3 is 2.30 bits per heavy atom. The summed E-state index contributed by atoms with van der Waals surface area (Å²) in [5, 5.41) is 0. The standard InChI is InChI=1S/C21H16FI/c1-21(2)18-10-14(22)8-9-16(18)20-17(11-15(23)12-19(20)21)13-6-4-3-5-7-13/h3-12H,1-2H3. The molecular weight excluding hydrogens is 398 g/mol. The lowest BCUT2D eigenvalue weighted by molar-refractivity contribution is 0.609. The van der Waals surface area contributed by atoms with E-state index in [2.05, 4.69) is 72.8 Å². The summed E-state index contributed by atoms with van der Waals surface area (Å²) in [6.07, 6.45) is 0. The molecule has 0 aromatic heterocycles. The molecule has 3 aromatic carbocycles. The number of hydrogen-bond donors (Lipinski definition) is 0. The maximum Gasteiger partial charge on any atom is 0.123 e. The van der Waals surface area contributed by atoms with Crippen LogP contribution in [-0.4, -0.2) is 0 Å². The first-order chi connectivity index (χ1) is 11.0. The summed E-state index contributed by atoms with van der Waals surface area (Å²) in [5.74, 6) is -0.166. The minimum atomic E-state index is -0.183. The molecule has 0 aliphatic heterocycles. The molecule has 0 nitrogen and oxygen atoms in total. The molecule has 4 rings (SSSR count). The van der Waals surface area contributed by atoms with Crippen LogP contribution in [0.1, 0.15) is 25.0 Å². The average Bonchev–Trinajstić information content (AvgIpc) is 2.76. The van der Waals surface area contributed by atoms with E-state index in [0.717, 1.165) is 11.1 Å². The van der Waals surface area contributed by atoms with Gasteiger partial charge in [0, 0.05) is 8.99 Å². The van der Waals surface area contributed by atoms with Gasteiger partial charge in [0.1, 0.15) is 5.82 Å². The Morgan fingerprint density at radius 2 is 1.57 bits per heavy atom. The van der Waals surface area contributed by atoms with Crippen LogP contribution >= 0.6 is 22.6 Å². The first kappa shape index (κ1) is 14.9. The van der Waals surface area contributed by atoms with Gasteiger partial charge in [-0.3, -0.25) is 0 Å². The maximum absolute atomic E-state index is 13.8. The van der Waals surface area contributed by atoms with Crippen LogP contribution in [0, 0.1) is 9.39 Å². The van der Waals surface area contributed by atoms with E-state index in [9.17, 15) is 4.39 Å². The Kier molecular flexibility index (Phi) is 3.34. The molecule has 0 heterocycles. The summed E-state index contributed by atoms with van der Waals surface area (Å²) in [6, 6.07) is 20.1. The van der Waals surface area contributed by atoms with Crippen LogP contribution in [-0.2, 0) is 5.41 Å². The summed E-state index contributed by atoms with van der Waals surface area (Å²) in [7, 11) is 0. The van der Waals surface area contributed by atoms with Gasteiger partial charge in [-0.15, -0.1) is 0 Å². The number of halogens is 2. The summed E-state index contributed by atoms with van der Waals surface area (Å²) < 4.78 is 15.0. The summed E-state index contributed by atoms with van der Waals surface area (Å²) in [6.45, 7) is 4.36. The van der Waals surface area contributed by atoms with Crippen molar-refractivity contribution < 1.29 is 4.39 Å². The van der Waals surface area contributed by atoms with Gasteiger partial charge in [0.2, 0.25) is 0 Å². The topological polar surface area (TPSA) is 0 Å². The van der Waals surface area contributed by atoms with E-state index < -0.39 is 0 Å². The van der Waals surface area contributed by atoms with E-state index in [1.54, 1.807) is 12.1 Å². The van der Waals surface area contributed by atoms with Gasteiger partial charge in [0.25, 0.3) is 0 Å². The molecule has 0 N–H and O–H groups in total. The lowest BCUT2D eigenvalue weighted by atomic mass is 9.82. The van der Waals surface area contributed by atoms with Gasteiger partial charge in [-0.1, -0.05) is 50.2 Å². The quantitative estimate of drug-likeness (QED) is 0.404. The zero-order chi connectivity index (χ0) is 16.2. The molecule has 2 heteroatoms. The van der Waals surface area contributed by atoms with Crippen LogP contribution in [0.25, 0.3) is 22.3 Å². The summed E-state index contributed by atoms with van der Waals surface area (Å²) >= 11 is 2.37. The second-order valence-electron chi connectivity index (χ2n) is 6.56. The molecule has 0 unspecified atom stereocenters. The number of rotatable bonds is 1. The zero-order valence-corrected chi connectivity index (χ0v) is 15.2. The van der Waals surface area contributed by atoms with Gasteiger partial charge < -0.3 is 0 Å². The van der Waals surface area contributed by atoms with Crippen molar-refractivity contribution in [3.05, 3.63) is 81.2 Å². The molecule has 3 aromatic rings. The van der Waals surface area contributed by atoms with Gasteiger partial charge >= 0.3 is 0 Å². The largest absolute Gasteiger partial charge is 0.207 e.